The quantitative estimate of drug-likeness (QED) is 0.739. The number of carbonyl (C=O) groups excluding carboxylic acids is 1. The molecule has 0 bridgehead atoms. The molecule has 0 N–H and O–H groups in total. The van der Waals surface area contributed by atoms with E-state index in [0.717, 1.165) is 12.0 Å². The van der Waals surface area contributed by atoms with E-state index in [2.05, 4.69) is 5.10 Å². The van der Waals surface area contributed by atoms with E-state index in [-0.39, 0.29) is 5.78 Å². The summed E-state index contributed by atoms with van der Waals surface area (Å²) in [5.41, 5.74) is 0.452. The van der Waals surface area contributed by atoms with Crippen molar-refractivity contribution in [1.29, 1.82) is 0 Å². The largest absolute Gasteiger partial charge is 0.371 e. The van der Waals surface area contributed by atoms with Crippen LogP contribution in [0.25, 0.3) is 0 Å². The summed E-state index contributed by atoms with van der Waals surface area (Å²) >= 11 is 0. The van der Waals surface area contributed by atoms with Gasteiger partial charge in [-0.1, -0.05) is 6.92 Å². The number of Topliss-reactive ketones (excluding diaryl/α,β-unsaturated/α-hetero) is 1. The maximum atomic E-state index is 12.0. The molecule has 0 amide bonds. The van der Waals surface area contributed by atoms with Gasteiger partial charge >= 0.3 is 0 Å². The molecule has 16 heavy (non-hydrogen) atoms. The van der Waals surface area contributed by atoms with Crippen molar-refractivity contribution in [3.8, 4) is 0 Å². The van der Waals surface area contributed by atoms with Gasteiger partial charge in [0.2, 0.25) is 0 Å². The first-order valence-corrected chi connectivity index (χ1v) is 5.58. The van der Waals surface area contributed by atoms with E-state index in [1.807, 2.05) is 27.1 Å². The Balaban J connectivity index is 2.52. The minimum absolute atomic E-state index is 0.154. The molecular formula is C12H20N2O2. The van der Waals surface area contributed by atoms with Crippen molar-refractivity contribution in [2.45, 2.75) is 38.7 Å². The maximum absolute atomic E-state index is 12.0. The van der Waals surface area contributed by atoms with Crippen LogP contribution in [0.4, 0.5) is 0 Å². The van der Waals surface area contributed by atoms with Crippen LogP contribution in [0.3, 0.4) is 0 Å². The van der Waals surface area contributed by atoms with Gasteiger partial charge in [0, 0.05) is 26.8 Å². The number of nitrogens with zero attached hydrogens (tertiary/aromatic N) is 2. The highest BCUT2D eigenvalue weighted by molar-refractivity contribution is 5.87. The van der Waals surface area contributed by atoms with Gasteiger partial charge in [-0.3, -0.25) is 9.48 Å². The Labute approximate surface area is 96.6 Å². The monoisotopic (exact) mass is 224 g/mol. The van der Waals surface area contributed by atoms with Crippen LogP contribution in [0.2, 0.25) is 0 Å². The molecule has 1 unspecified atom stereocenters. The summed E-state index contributed by atoms with van der Waals surface area (Å²) < 4.78 is 7.02. The molecule has 90 valence electrons. The summed E-state index contributed by atoms with van der Waals surface area (Å²) in [4.78, 5) is 12.0. The molecule has 0 fully saturated rings. The second kappa shape index (κ2) is 5.25. The highest BCUT2D eigenvalue weighted by Gasteiger charge is 2.29. The summed E-state index contributed by atoms with van der Waals surface area (Å²) in [5, 5.41) is 4.07. The first-order chi connectivity index (χ1) is 7.51. The Morgan fingerprint density at radius 3 is 2.75 bits per heavy atom. The Hall–Kier alpha value is -1.16. The van der Waals surface area contributed by atoms with E-state index in [1.54, 1.807) is 18.0 Å². The number of ketones is 1. The number of rotatable bonds is 6. The predicted molar refractivity (Wildman–Crippen MR) is 62.2 cm³/mol. The van der Waals surface area contributed by atoms with Gasteiger partial charge in [0.05, 0.1) is 6.20 Å². The summed E-state index contributed by atoms with van der Waals surface area (Å²) in [7, 11) is 3.46. The first kappa shape index (κ1) is 12.9. The summed E-state index contributed by atoms with van der Waals surface area (Å²) in [5.74, 6) is 0.154. The molecule has 4 heteroatoms. The van der Waals surface area contributed by atoms with Crippen molar-refractivity contribution in [2.75, 3.05) is 7.11 Å². The van der Waals surface area contributed by atoms with Crippen LogP contribution >= 0.6 is 0 Å². The average molecular weight is 224 g/mol. The lowest BCUT2D eigenvalue weighted by molar-refractivity contribution is -0.139. The predicted octanol–water partition coefficient (Wildman–Crippen LogP) is 1.74. The fraction of sp³-hybridized carbons (Fsp3) is 0.667. The van der Waals surface area contributed by atoms with E-state index >= 15 is 0 Å². The molecule has 0 saturated heterocycles. The number of methoxy groups -OCH3 is 1. The third-order valence-electron chi connectivity index (χ3n) is 3.11. The lowest BCUT2D eigenvalue weighted by Crippen LogP contribution is -2.36. The first-order valence-electron chi connectivity index (χ1n) is 5.58. The Kier molecular flexibility index (Phi) is 4.24. The second-order valence-electron chi connectivity index (χ2n) is 4.23. The standard InChI is InChI=1S/C12H20N2O2/c1-5-12(2,16-4)11(15)7-6-10-8-13-14(3)9-10/h8-9H,5-7H2,1-4H3. The fourth-order valence-corrected chi connectivity index (χ4v) is 1.58. The van der Waals surface area contributed by atoms with E-state index < -0.39 is 5.60 Å². The van der Waals surface area contributed by atoms with Crippen LogP contribution < -0.4 is 0 Å². The van der Waals surface area contributed by atoms with Gasteiger partial charge in [-0.05, 0) is 25.3 Å². The zero-order chi connectivity index (χ0) is 12.2. The van der Waals surface area contributed by atoms with Crippen LogP contribution in [0.1, 0.15) is 32.3 Å². The lowest BCUT2D eigenvalue weighted by Gasteiger charge is -2.24. The van der Waals surface area contributed by atoms with Crippen molar-refractivity contribution in [3.05, 3.63) is 18.0 Å². The highest BCUT2D eigenvalue weighted by Crippen LogP contribution is 2.18. The average Bonchev–Trinajstić information content (AvgIpc) is 2.70. The molecule has 0 aliphatic heterocycles. The number of ether oxygens (including phenoxy) is 1. The number of hydrogen-bond donors (Lipinski definition) is 0. The number of hydrogen-bond acceptors (Lipinski definition) is 3. The molecule has 0 aromatic carbocycles. The Morgan fingerprint density at radius 1 is 1.62 bits per heavy atom. The normalized spacial score (nSPS) is 14.8. The van der Waals surface area contributed by atoms with Gasteiger partial charge in [0.1, 0.15) is 5.60 Å². The van der Waals surface area contributed by atoms with E-state index in [4.69, 9.17) is 4.74 Å². The molecule has 4 nitrogen and oxygen atoms in total. The van der Waals surface area contributed by atoms with Gasteiger partial charge in [-0.25, -0.2) is 0 Å². The topological polar surface area (TPSA) is 44.1 Å². The number of aryl methyl sites for hydroxylation is 2. The van der Waals surface area contributed by atoms with E-state index in [9.17, 15) is 4.79 Å². The second-order valence-corrected chi connectivity index (χ2v) is 4.23. The fourth-order valence-electron chi connectivity index (χ4n) is 1.58. The molecule has 1 aromatic rings. The van der Waals surface area contributed by atoms with Gasteiger partial charge in [0.25, 0.3) is 0 Å². The molecule has 0 aliphatic carbocycles. The van der Waals surface area contributed by atoms with Crippen molar-refractivity contribution in [1.82, 2.24) is 9.78 Å². The zero-order valence-electron chi connectivity index (χ0n) is 10.5. The number of carbonyl (C=O) groups is 1. The Bertz CT molecular complexity index is 354. The van der Waals surface area contributed by atoms with Crippen molar-refractivity contribution in [2.24, 2.45) is 7.05 Å². The molecule has 0 spiro atoms. The molecule has 0 saturated carbocycles. The van der Waals surface area contributed by atoms with Crippen LogP contribution in [0, 0.1) is 0 Å². The van der Waals surface area contributed by atoms with Gasteiger partial charge in [-0.15, -0.1) is 0 Å². The SMILES string of the molecule is CCC(C)(OC)C(=O)CCc1cnn(C)c1. The van der Waals surface area contributed by atoms with Crippen LogP contribution in [-0.4, -0.2) is 28.3 Å². The van der Waals surface area contributed by atoms with Gasteiger partial charge < -0.3 is 4.74 Å². The molecule has 1 atom stereocenters. The molecule has 1 rings (SSSR count). The maximum Gasteiger partial charge on any atom is 0.164 e. The molecule has 1 heterocycles. The highest BCUT2D eigenvalue weighted by atomic mass is 16.5. The third-order valence-corrected chi connectivity index (χ3v) is 3.11. The van der Waals surface area contributed by atoms with Crippen LogP contribution in [0.5, 0.6) is 0 Å². The summed E-state index contributed by atoms with van der Waals surface area (Å²) in [6, 6.07) is 0. The molecule has 0 aliphatic rings. The summed E-state index contributed by atoms with van der Waals surface area (Å²) in [6.45, 7) is 3.81. The van der Waals surface area contributed by atoms with E-state index in [1.165, 1.54) is 0 Å². The third kappa shape index (κ3) is 2.92. The van der Waals surface area contributed by atoms with Crippen molar-refractivity contribution in [3.63, 3.8) is 0 Å². The van der Waals surface area contributed by atoms with Crippen LogP contribution in [0.15, 0.2) is 12.4 Å². The molecule has 1 aromatic heterocycles. The minimum atomic E-state index is -0.637. The minimum Gasteiger partial charge on any atom is -0.371 e. The van der Waals surface area contributed by atoms with E-state index in [0.29, 0.717) is 12.8 Å². The smallest absolute Gasteiger partial charge is 0.164 e. The molecular weight excluding hydrogens is 204 g/mol. The van der Waals surface area contributed by atoms with Crippen molar-refractivity contribution >= 4 is 5.78 Å². The van der Waals surface area contributed by atoms with Gasteiger partial charge in [0.15, 0.2) is 5.78 Å². The molecule has 0 radical (unpaired) electrons. The Morgan fingerprint density at radius 2 is 2.31 bits per heavy atom. The summed E-state index contributed by atoms with van der Waals surface area (Å²) in [6.07, 6.45) is 5.66. The zero-order valence-corrected chi connectivity index (χ0v) is 10.5. The van der Waals surface area contributed by atoms with Crippen LogP contribution in [-0.2, 0) is 23.0 Å². The van der Waals surface area contributed by atoms with Gasteiger partial charge in [-0.2, -0.15) is 5.10 Å². The van der Waals surface area contributed by atoms with Crippen molar-refractivity contribution < 1.29 is 9.53 Å². The number of aromatic nitrogens is 2. The lowest BCUT2D eigenvalue weighted by atomic mass is 9.93.